The maximum absolute atomic E-state index is 6.38. The van der Waals surface area contributed by atoms with Crippen molar-refractivity contribution in [1.82, 2.24) is 5.32 Å². The minimum atomic E-state index is 0.269. The van der Waals surface area contributed by atoms with Gasteiger partial charge < -0.3 is 10.1 Å². The molecule has 2 fully saturated rings. The normalized spacial score (nSPS) is 27.8. The summed E-state index contributed by atoms with van der Waals surface area (Å²) in [4.78, 5) is 0. The van der Waals surface area contributed by atoms with Crippen LogP contribution in [0.5, 0.6) is 0 Å². The molecule has 0 aromatic rings. The maximum Gasteiger partial charge on any atom is 0.0708 e. The van der Waals surface area contributed by atoms with Gasteiger partial charge in [-0.3, -0.25) is 0 Å². The lowest BCUT2D eigenvalue weighted by Gasteiger charge is -2.33. The molecular formula is C16H30ClNO. The highest BCUT2D eigenvalue weighted by Crippen LogP contribution is 2.41. The van der Waals surface area contributed by atoms with Crippen LogP contribution in [0.1, 0.15) is 64.7 Å². The zero-order valence-electron chi connectivity index (χ0n) is 12.4. The lowest BCUT2D eigenvalue weighted by molar-refractivity contribution is -0.0624. The van der Waals surface area contributed by atoms with Crippen molar-refractivity contribution in [2.75, 3.05) is 19.0 Å². The van der Waals surface area contributed by atoms with Crippen molar-refractivity contribution in [3.63, 3.8) is 0 Å². The highest BCUT2D eigenvalue weighted by molar-refractivity contribution is 6.17. The Hall–Kier alpha value is 0.210. The van der Waals surface area contributed by atoms with Crippen LogP contribution in [0.25, 0.3) is 0 Å². The molecule has 2 unspecified atom stereocenters. The van der Waals surface area contributed by atoms with E-state index >= 15 is 0 Å². The molecule has 1 aliphatic heterocycles. The second-order valence-corrected chi connectivity index (χ2v) is 6.81. The third kappa shape index (κ3) is 4.61. The van der Waals surface area contributed by atoms with Crippen LogP contribution in [0.4, 0.5) is 0 Å². The largest absolute Gasteiger partial charge is 0.370 e. The molecule has 1 aliphatic carbocycles. The van der Waals surface area contributed by atoms with Crippen LogP contribution >= 0.6 is 11.6 Å². The topological polar surface area (TPSA) is 21.3 Å². The van der Waals surface area contributed by atoms with Gasteiger partial charge in [0, 0.05) is 12.4 Å². The van der Waals surface area contributed by atoms with Crippen molar-refractivity contribution >= 4 is 11.6 Å². The van der Waals surface area contributed by atoms with E-state index < -0.39 is 0 Å². The molecule has 0 bridgehead atoms. The van der Waals surface area contributed by atoms with Gasteiger partial charge in [0.25, 0.3) is 0 Å². The molecule has 19 heavy (non-hydrogen) atoms. The first-order chi connectivity index (χ1) is 9.28. The summed E-state index contributed by atoms with van der Waals surface area (Å²) in [6, 6.07) is 0. The molecule has 0 radical (unpaired) electrons. The summed E-state index contributed by atoms with van der Waals surface area (Å²) in [6.07, 6.45) is 12.1. The maximum atomic E-state index is 6.38. The Labute approximate surface area is 123 Å². The van der Waals surface area contributed by atoms with Gasteiger partial charge in [-0.25, -0.2) is 0 Å². The Bertz CT molecular complexity index is 253. The Kier molecular flexibility index (Phi) is 6.44. The lowest BCUT2D eigenvalue weighted by atomic mass is 9.83. The van der Waals surface area contributed by atoms with Gasteiger partial charge in [0.15, 0.2) is 0 Å². The van der Waals surface area contributed by atoms with E-state index in [0.717, 1.165) is 31.3 Å². The van der Waals surface area contributed by atoms with Gasteiger partial charge in [0.05, 0.1) is 11.7 Å². The van der Waals surface area contributed by atoms with E-state index in [1.54, 1.807) is 0 Å². The fourth-order valence-corrected chi connectivity index (χ4v) is 3.97. The standard InChI is InChI=1S/C16H30ClNO/c1-2-14(7-11-17)12-18-13-15-6-10-16(19-15)8-4-3-5-9-16/h14-15,18H,2-13H2,1H3. The number of ether oxygens (including phenoxy) is 1. The summed E-state index contributed by atoms with van der Waals surface area (Å²) < 4.78 is 6.38. The fraction of sp³-hybridized carbons (Fsp3) is 1.00. The first-order valence-corrected chi connectivity index (χ1v) is 8.76. The number of alkyl halides is 1. The van der Waals surface area contributed by atoms with Gasteiger partial charge >= 0.3 is 0 Å². The number of nitrogens with one attached hydrogen (secondary N) is 1. The van der Waals surface area contributed by atoms with E-state index in [1.165, 1.54) is 51.4 Å². The van der Waals surface area contributed by atoms with E-state index in [9.17, 15) is 0 Å². The second kappa shape index (κ2) is 7.85. The SMILES string of the molecule is CCC(CCCl)CNCC1CCC2(CCCCC2)O1. The quantitative estimate of drug-likeness (QED) is 0.712. The van der Waals surface area contributed by atoms with Crippen molar-refractivity contribution in [3.8, 4) is 0 Å². The summed E-state index contributed by atoms with van der Waals surface area (Å²) in [5.41, 5.74) is 0.269. The second-order valence-electron chi connectivity index (χ2n) is 6.43. The number of halogens is 1. The highest BCUT2D eigenvalue weighted by atomic mass is 35.5. The first kappa shape index (κ1) is 15.6. The average molecular weight is 288 g/mol. The molecule has 0 amide bonds. The molecule has 0 aromatic heterocycles. The molecule has 112 valence electrons. The molecule has 2 atom stereocenters. The molecule has 1 saturated heterocycles. The minimum absolute atomic E-state index is 0.269. The van der Waals surface area contributed by atoms with Crippen molar-refractivity contribution in [2.45, 2.75) is 76.4 Å². The Morgan fingerprint density at radius 1 is 1.26 bits per heavy atom. The number of hydrogen-bond acceptors (Lipinski definition) is 2. The van der Waals surface area contributed by atoms with Crippen LogP contribution in [0.3, 0.4) is 0 Å². The van der Waals surface area contributed by atoms with Gasteiger partial charge in [-0.15, -0.1) is 11.6 Å². The van der Waals surface area contributed by atoms with Crippen LogP contribution in [-0.4, -0.2) is 30.7 Å². The Balaban J connectivity index is 1.64. The first-order valence-electron chi connectivity index (χ1n) is 8.22. The van der Waals surface area contributed by atoms with Crippen LogP contribution in [0.15, 0.2) is 0 Å². The molecule has 2 nitrogen and oxygen atoms in total. The third-order valence-corrected chi connectivity index (χ3v) is 5.22. The molecule has 3 heteroatoms. The molecule has 2 rings (SSSR count). The third-order valence-electron chi connectivity index (χ3n) is 5.00. The van der Waals surface area contributed by atoms with Gasteiger partial charge in [0.2, 0.25) is 0 Å². The fourth-order valence-electron chi connectivity index (χ4n) is 3.66. The molecule has 2 aliphatic rings. The van der Waals surface area contributed by atoms with Gasteiger partial charge in [0.1, 0.15) is 0 Å². The van der Waals surface area contributed by atoms with E-state index in [4.69, 9.17) is 16.3 Å². The average Bonchev–Trinajstić information content (AvgIpc) is 2.81. The van der Waals surface area contributed by atoms with Crippen LogP contribution in [0, 0.1) is 5.92 Å². The Morgan fingerprint density at radius 2 is 2.05 bits per heavy atom. The number of rotatable bonds is 7. The van der Waals surface area contributed by atoms with Crippen LogP contribution in [0.2, 0.25) is 0 Å². The smallest absolute Gasteiger partial charge is 0.0708 e. The van der Waals surface area contributed by atoms with Crippen molar-refractivity contribution in [2.24, 2.45) is 5.92 Å². The lowest BCUT2D eigenvalue weighted by Crippen LogP contribution is -2.35. The molecule has 1 spiro atoms. The molecule has 1 heterocycles. The molecule has 0 aromatic carbocycles. The van der Waals surface area contributed by atoms with Gasteiger partial charge in [-0.2, -0.15) is 0 Å². The highest BCUT2D eigenvalue weighted by Gasteiger charge is 2.40. The predicted molar refractivity (Wildman–Crippen MR) is 81.9 cm³/mol. The van der Waals surface area contributed by atoms with Crippen molar-refractivity contribution < 1.29 is 4.74 Å². The zero-order chi connectivity index (χ0) is 13.6. The van der Waals surface area contributed by atoms with Crippen LogP contribution in [-0.2, 0) is 4.74 Å². The van der Waals surface area contributed by atoms with E-state index in [-0.39, 0.29) is 5.60 Å². The summed E-state index contributed by atoms with van der Waals surface area (Å²) in [7, 11) is 0. The van der Waals surface area contributed by atoms with E-state index in [1.807, 2.05) is 0 Å². The zero-order valence-corrected chi connectivity index (χ0v) is 13.2. The van der Waals surface area contributed by atoms with E-state index in [2.05, 4.69) is 12.2 Å². The number of hydrogen-bond donors (Lipinski definition) is 1. The summed E-state index contributed by atoms with van der Waals surface area (Å²) in [6.45, 7) is 4.37. The van der Waals surface area contributed by atoms with Crippen molar-refractivity contribution in [1.29, 1.82) is 0 Å². The van der Waals surface area contributed by atoms with Crippen LogP contribution < -0.4 is 5.32 Å². The molecule has 1 saturated carbocycles. The molecular weight excluding hydrogens is 258 g/mol. The monoisotopic (exact) mass is 287 g/mol. The van der Waals surface area contributed by atoms with E-state index in [0.29, 0.717) is 6.10 Å². The Morgan fingerprint density at radius 3 is 2.74 bits per heavy atom. The summed E-state index contributed by atoms with van der Waals surface area (Å²) >= 11 is 5.83. The van der Waals surface area contributed by atoms with Gasteiger partial charge in [-0.05, 0) is 44.6 Å². The van der Waals surface area contributed by atoms with Gasteiger partial charge in [-0.1, -0.05) is 32.6 Å². The minimum Gasteiger partial charge on any atom is -0.370 e. The molecule has 1 N–H and O–H groups in total. The summed E-state index contributed by atoms with van der Waals surface area (Å²) in [5, 5.41) is 3.60. The summed E-state index contributed by atoms with van der Waals surface area (Å²) in [5.74, 6) is 1.51. The van der Waals surface area contributed by atoms with Crippen molar-refractivity contribution in [3.05, 3.63) is 0 Å². The predicted octanol–water partition coefficient (Wildman–Crippen LogP) is 4.11.